The molecular formula is C27H40N4O. The molecule has 0 aromatic heterocycles. The Morgan fingerprint density at radius 1 is 0.656 bits per heavy atom. The third-order valence-electron chi connectivity index (χ3n) is 7.53. The fraction of sp³-hybridized carbons (Fsp3) is 0.556. The molecule has 2 aliphatic heterocycles. The van der Waals surface area contributed by atoms with Gasteiger partial charge in [-0.15, -0.1) is 0 Å². The van der Waals surface area contributed by atoms with E-state index in [1.54, 1.807) is 7.11 Å². The topological polar surface area (TPSA) is 57.4 Å². The molecule has 2 aliphatic rings. The summed E-state index contributed by atoms with van der Waals surface area (Å²) in [7, 11) is 1.79. The van der Waals surface area contributed by atoms with Crippen LogP contribution < -0.4 is 26.0 Å². The minimum atomic E-state index is -0.312. The summed E-state index contributed by atoms with van der Waals surface area (Å²) in [5, 5.41) is 15.7. The van der Waals surface area contributed by atoms with Crippen LogP contribution in [0.3, 0.4) is 0 Å². The molecule has 32 heavy (non-hydrogen) atoms. The van der Waals surface area contributed by atoms with Gasteiger partial charge >= 0.3 is 0 Å². The van der Waals surface area contributed by atoms with Gasteiger partial charge in [0.2, 0.25) is 0 Å². The molecule has 4 rings (SSSR count). The SMILES string of the molecule is CCc1cccc(CC)c1CC1(C2(Cc3c(CC)cccc3OC)NCCN2)NCCN1. The van der Waals surface area contributed by atoms with Gasteiger partial charge in [-0.25, -0.2) is 0 Å². The number of ether oxygens (including phenoxy) is 1. The van der Waals surface area contributed by atoms with Crippen LogP contribution >= 0.6 is 0 Å². The number of benzene rings is 2. The molecule has 174 valence electrons. The summed E-state index contributed by atoms with van der Waals surface area (Å²) in [5.74, 6) is 0.982. The minimum Gasteiger partial charge on any atom is -0.496 e. The molecule has 0 unspecified atom stereocenters. The summed E-state index contributed by atoms with van der Waals surface area (Å²) >= 11 is 0. The van der Waals surface area contributed by atoms with Crippen LogP contribution in [0.2, 0.25) is 0 Å². The van der Waals surface area contributed by atoms with E-state index in [4.69, 9.17) is 4.74 Å². The molecule has 0 spiro atoms. The van der Waals surface area contributed by atoms with E-state index in [0.29, 0.717) is 0 Å². The van der Waals surface area contributed by atoms with Gasteiger partial charge in [0.15, 0.2) is 0 Å². The molecule has 0 amide bonds. The monoisotopic (exact) mass is 436 g/mol. The molecule has 0 saturated carbocycles. The molecule has 5 heteroatoms. The van der Waals surface area contributed by atoms with Crippen LogP contribution in [-0.4, -0.2) is 44.6 Å². The lowest BCUT2D eigenvalue weighted by Gasteiger charge is -2.48. The first-order chi connectivity index (χ1) is 15.6. The second-order valence-electron chi connectivity index (χ2n) is 9.08. The van der Waals surface area contributed by atoms with Crippen molar-refractivity contribution in [2.75, 3.05) is 33.3 Å². The van der Waals surface area contributed by atoms with Crippen molar-refractivity contribution in [3.63, 3.8) is 0 Å². The second kappa shape index (κ2) is 9.92. The largest absolute Gasteiger partial charge is 0.496 e. The fourth-order valence-electron chi connectivity index (χ4n) is 5.83. The number of aryl methyl sites for hydroxylation is 3. The highest BCUT2D eigenvalue weighted by Crippen LogP contribution is 2.35. The number of hydrogen-bond acceptors (Lipinski definition) is 5. The van der Waals surface area contributed by atoms with Crippen LogP contribution in [-0.2, 0) is 32.1 Å². The van der Waals surface area contributed by atoms with Gasteiger partial charge in [-0.3, -0.25) is 21.3 Å². The van der Waals surface area contributed by atoms with Crippen molar-refractivity contribution < 1.29 is 4.74 Å². The van der Waals surface area contributed by atoms with Gasteiger partial charge in [-0.05, 0) is 47.6 Å². The highest BCUT2D eigenvalue weighted by Gasteiger charge is 2.55. The molecule has 2 saturated heterocycles. The summed E-state index contributed by atoms with van der Waals surface area (Å²) in [5.41, 5.74) is 6.46. The van der Waals surface area contributed by atoms with Crippen LogP contribution in [0, 0.1) is 0 Å². The minimum absolute atomic E-state index is 0.287. The van der Waals surface area contributed by atoms with Crippen molar-refractivity contribution in [3.05, 3.63) is 64.2 Å². The molecule has 2 aromatic carbocycles. The van der Waals surface area contributed by atoms with E-state index in [1.165, 1.54) is 27.8 Å². The lowest BCUT2D eigenvalue weighted by atomic mass is 9.79. The van der Waals surface area contributed by atoms with Gasteiger partial charge in [-0.2, -0.15) is 0 Å². The van der Waals surface area contributed by atoms with Crippen LogP contribution in [0.1, 0.15) is 48.6 Å². The molecule has 0 aliphatic carbocycles. The molecule has 0 radical (unpaired) electrons. The maximum Gasteiger partial charge on any atom is 0.122 e. The van der Waals surface area contributed by atoms with E-state index >= 15 is 0 Å². The Labute approximate surface area is 193 Å². The van der Waals surface area contributed by atoms with E-state index in [1.807, 2.05) is 0 Å². The van der Waals surface area contributed by atoms with Crippen molar-refractivity contribution in [1.82, 2.24) is 21.3 Å². The Kier molecular flexibility index (Phi) is 7.21. The zero-order valence-corrected chi connectivity index (χ0v) is 20.2. The van der Waals surface area contributed by atoms with Crippen LogP contribution in [0.25, 0.3) is 0 Å². The summed E-state index contributed by atoms with van der Waals surface area (Å²) < 4.78 is 5.83. The van der Waals surface area contributed by atoms with E-state index in [9.17, 15) is 0 Å². The van der Waals surface area contributed by atoms with Gasteiger partial charge in [0.1, 0.15) is 17.1 Å². The van der Waals surface area contributed by atoms with Gasteiger partial charge in [0.25, 0.3) is 0 Å². The molecule has 2 fully saturated rings. The molecular weight excluding hydrogens is 396 g/mol. The van der Waals surface area contributed by atoms with Crippen LogP contribution in [0.5, 0.6) is 5.75 Å². The molecule has 2 heterocycles. The quantitative estimate of drug-likeness (QED) is 0.487. The number of methoxy groups -OCH3 is 1. The van der Waals surface area contributed by atoms with E-state index < -0.39 is 0 Å². The van der Waals surface area contributed by atoms with Gasteiger partial charge in [-0.1, -0.05) is 51.1 Å². The van der Waals surface area contributed by atoms with Crippen LogP contribution in [0.15, 0.2) is 36.4 Å². The number of hydrogen-bond donors (Lipinski definition) is 4. The third kappa shape index (κ3) is 4.08. The standard InChI is InChI=1S/C27H40N4O/c1-5-20-10-8-11-21(6-2)23(20)18-26(28-14-15-29-26)27(30-16-17-31-27)19-24-22(7-3)12-9-13-25(24)32-4/h8-13,28-31H,5-7,14-19H2,1-4H3. The van der Waals surface area contributed by atoms with Gasteiger partial charge < -0.3 is 4.74 Å². The summed E-state index contributed by atoms with van der Waals surface area (Å²) in [6.45, 7) is 10.6. The van der Waals surface area contributed by atoms with Crippen molar-refractivity contribution in [2.45, 2.75) is 64.2 Å². The zero-order valence-electron chi connectivity index (χ0n) is 20.2. The van der Waals surface area contributed by atoms with Crippen molar-refractivity contribution in [2.24, 2.45) is 0 Å². The highest BCUT2D eigenvalue weighted by molar-refractivity contribution is 5.44. The number of rotatable bonds is 9. The smallest absolute Gasteiger partial charge is 0.122 e. The molecule has 4 N–H and O–H groups in total. The van der Waals surface area contributed by atoms with Crippen molar-refractivity contribution in [1.29, 1.82) is 0 Å². The lowest BCUT2D eigenvalue weighted by molar-refractivity contribution is 0.116. The van der Waals surface area contributed by atoms with Gasteiger partial charge in [0, 0.05) is 44.6 Å². The summed E-state index contributed by atoms with van der Waals surface area (Å²) in [4.78, 5) is 0. The Hall–Kier alpha value is -1.92. The maximum absolute atomic E-state index is 5.83. The Balaban J connectivity index is 1.80. The maximum atomic E-state index is 5.83. The average molecular weight is 437 g/mol. The predicted octanol–water partition coefficient (Wildman–Crippen LogP) is 2.95. The first-order valence-electron chi connectivity index (χ1n) is 12.4. The van der Waals surface area contributed by atoms with Crippen molar-refractivity contribution >= 4 is 0 Å². The lowest BCUT2D eigenvalue weighted by Crippen LogP contribution is -2.77. The highest BCUT2D eigenvalue weighted by atomic mass is 16.5. The van der Waals surface area contributed by atoms with Crippen LogP contribution in [0.4, 0.5) is 0 Å². The first kappa shape index (κ1) is 23.2. The summed E-state index contributed by atoms with van der Waals surface area (Å²) in [6.07, 6.45) is 4.90. The van der Waals surface area contributed by atoms with E-state index in [-0.39, 0.29) is 11.3 Å². The van der Waals surface area contributed by atoms with E-state index in [0.717, 1.165) is 64.0 Å². The first-order valence-corrected chi connectivity index (χ1v) is 12.4. The second-order valence-corrected chi connectivity index (χ2v) is 9.08. The Bertz CT molecular complexity index is 794. The predicted molar refractivity (Wildman–Crippen MR) is 132 cm³/mol. The van der Waals surface area contributed by atoms with E-state index in [2.05, 4.69) is 78.4 Å². The Morgan fingerprint density at radius 3 is 1.50 bits per heavy atom. The number of nitrogens with one attached hydrogen (secondary N) is 4. The molecule has 0 atom stereocenters. The molecule has 0 bridgehead atoms. The third-order valence-corrected chi connectivity index (χ3v) is 7.53. The fourth-order valence-corrected chi connectivity index (χ4v) is 5.83. The van der Waals surface area contributed by atoms with Gasteiger partial charge in [0.05, 0.1) is 7.11 Å². The zero-order chi connectivity index (χ0) is 22.6. The summed E-state index contributed by atoms with van der Waals surface area (Å²) in [6, 6.07) is 13.3. The normalized spacial score (nSPS) is 19.4. The molecule has 5 nitrogen and oxygen atoms in total. The average Bonchev–Trinajstić information content (AvgIpc) is 3.51. The Morgan fingerprint density at radius 2 is 1.06 bits per heavy atom. The molecule has 2 aromatic rings. The van der Waals surface area contributed by atoms with Crippen molar-refractivity contribution in [3.8, 4) is 5.75 Å².